The normalized spacial score (nSPS) is 11.9. The molecular weight excluding hydrogens is 341 g/mol. The fourth-order valence-electron chi connectivity index (χ4n) is 2.88. The summed E-state index contributed by atoms with van der Waals surface area (Å²) in [6.45, 7) is 2.02. The Morgan fingerprint density at radius 2 is 1.56 bits per heavy atom. The summed E-state index contributed by atoms with van der Waals surface area (Å²) in [5, 5.41) is 11.9. The van der Waals surface area contributed by atoms with Crippen LogP contribution >= 0.6 is 0 Å². The first-order chi connectivity index (χ1) is 13.2. The fraction of sp³-hybridized carbons (Fsp3) is 0.0909. The molecular formula is C22H18FN3O. The quantitative estimate of drug-likeness (QED) is 0.519. The Hall–Kier alpha value is -3.47. The summed E-state index contributed by atoms with van der Waals surface area (Å²) in [7, 11) is 0. The molecule has 1 atom stereocenters. The largest absolute Gasteiger partial charge is 0.418 e. The van der Waals surface area contributed by atoms with Crippen LogP contribution in [-0.4, -0.2) is 10.2 Å². The molecule has 1 N–H and O–H groups in total. The Balaban J connectivity index is 1.73. The molecule has 3 aromatic carbocycles. The van der Waals surface area contributed by atoms with E-state index in [0.29, 0.717) is 11.8 Å². The highest BCUT2D eigenvalue weighted by Crippen LogP contribution is 2.29. The number of para-hydroxylation sites is 1. The molecule has 5 heteroatoms. The minimum Gasteiger partial charge on any atom is -0.418 e. The summed E-state index contributed by atoms with van der Waals surface area (Å²) < 4.78 is 19.3. The molecule has 0 bridgehead atoms. The first kappa shape index (κ1) is 17.0. The maximum absolute atomic E-state index is 13.4. The lowest BCUT2D eigenvalue weighted by atomic mass is 10.1. The Bertz CT molecular complexity index is 1030. The van der Waals surface area contributed by atoms with Crippen LogP contribution in [0.25, 0.3) is 11.5 Å². The van der Waals surface area contributed by atoms with Gasteiger partial charge in [-0.3, -0.25) is 0 Å². The lowest BCUT2D eigenvalue weighted by Gasteiger charge is -2.18. The van der Waals surface area contributed by atoms with Crippen LogP contribution in [-0.2, 0) is 0 Å². The van der Waals surface area contributed by atoms with Gasteiger partial charge in [0.25, 0.3) is 0 Å². The van der Waals surface area contributed by atoms with Crippen LogP contribution in [0, 0.1) is 12.7 Å². The molecule has 1 unspecified atom stereocenters. The molecule has 0 radical (unpaired) electrons. The molecule has 0 fully saturated rings. The highest BCUT2D eigenvalue weighted by Gasteiger charge is 2.22. The minimum absolute atomic E-state index is 0.288. The maximum atomic E-state index is 13.4. The molecule has 0 spiro atoms. The van der Waals surface area contributed by atoms with Gasteiger partial charge in [-0.05, 0) is 48.4 Å². The van der Waals surface area contributed by atoms with E-state index in [1.807, 2.05) is 61.5 Å². The topological polar surface area (TPSA) is 51.0 Å². The number of aryl methyl sites for hydroxylation is 1. The van der Waals surface area contributed by atoms with Crippen molar-refractivity contribution in [3.63, 3.8) is 0 Å². The van der Waals surface area contributed by atoms with E-state index in [9.17, 15) is 4.39 Å². The van der Waals surface area contributed by atoms with E-state index in [0.717, 1.165) is 22.4 Å². The lowest BCUT2D eigenvalue weighted by Crippen LogP contribution is -2.13. The van der Waals surface area contributed by atoms with Crippen molar-refractivity contribution >= 4 is 5.69 Å². The van der Waals surface area contributed by atoms with E-state index in [1.54, 1.807) is 12.1 Å². The number of hydrogen-bond donors (Lipinski definition) is 1. The van der Waals surface area contributed by atoms with Crippen molar-refractivity contribution in [3.05, 3.63) is 102 Å². The maximum Gasteiger partial charge on any atom is 0.247 e. The van der Waals surface area contributed by atoms with Gasteiger partial charge in [-0.25, -0.2) is 4.39 Å². The van der Waals surface area contributed by atoms with Crippen LogP contribution in [0.2, 0.25) is 0 Å². The van der Waals surface area contributed by atoms with Crippen molar-refractivity contribution in [2.75, 3.05) is 5.32 Å². The fourth-order valence-corrected chi connectivity index (χ4v) is 2.88. The van der Waals surface area contributed by atoms with E-state index in [2.05, 4.69) is 15.5 Å². The van der Waals surface area contributed by atoms with E-state index in [1.165, 1.54) is 12.1 Å². The second-order valence-electron chi connectivity index (χ2n) is 6.26. The average Bonchev–Trinajstić information content (AvgIpc) is 3.19. The summed E-state index contributed by atoms with van der Waals surface area (Å²) in [5.41, 5.74) is 3.73. The molecule has 0 aliphatic carbocycles. The molecule has 27 heavy (non-hydrogen) atoms. The number of anilines is 1. The van der Waals surface area contributed by atoms with Gasteiger partial charge in [0, 0.05) is 11.3 Å². The zero-order valence-electron chi connectivity index (χ0n) is 14.8. The van der Waals surface area contributed by atoms with Gasteiger partial charge in [-0.1, -0.05) is 48.5 Å². The number of rotatable bonds is 5. The summed E-state index contributed by atoms with van der Waals surface area (Å²) in [5.74, 6) is 0.580. The number of hydrogen-bond acceptors (Lipinski definition) is 4. The first-order valence-electron chi connectivity index (χ1n) is 8.67. The molecule has 4 aromatic rings. The van der Waals surface area contributed by atoms with Crippen molar-refractivity contribution < 1.29 is 8.81 Å². The van der Waals surface area contributed by atoms with Crippen LogP contribution in [0.1, 0.15) is 23.1 Å². The molecule has 4 nitrogen and oxygen atoms in total. The summed E-state index contributed by atoms with van der Waals surface area (Å²) in [6.07, 6.45) is 0. The van der Waals surface area contributed by atoms with Crippen molar-refractivity contribution in [3.8, 4) is 11.5 Å². The molecule has 0 aliphatic heterocycles. The molecule has 1 aromatic heterocycles. The molecule has 4 rings (SSSR count). The van der Waals surface area contributed by atoms with Gasteiger partial charge in [-0.2, -0.15) is 0 Å². The Morgan fingerprint density at radius 1 is 0.852 bits per heavy atom. The average molecular weight is 359 g/mol. The highest BCUT2D eigenvalue weighted by molar-refractivity contribution is 5.54. The van der Waals surface area contributed by atoms with E-state index >= 15 is 0 Å². The van der Waals surface area contributed by atoms with Crippen LogP contribution in [0.4, 0.5) is 10.1 Å². The monoisotopic (exact) mass is 359 g/mol. The summed E-state index contributed by atoms with van der Waals surface area (Å²) in [4.78, 5) is 0. The van der Waals surface area contributed by atoms with Gasteiger partial charge in [0.15, 0.2) is 0 Å². The van der Waals surface area contributed by atoms with Gasteiger partial charge in [0.1, 0.15) is 11.9 Å². The molecule has 0 amide bonds. The van der Waals surface area contributed by atoms with Gasteiger partial charge in [0.2, 0.25) is 11.8 Å². The third-order valence-corrected chi connectivity index (χ3v) is 4.36. The summed E-state index contributed by atoms with van der Waals surface area (Å²) >= 11 is 0. The van der Waals surface area contributed by atoms with E-state index < -0.39 is 6.04 Å². The van der Waals surface area contributed by atoms with Crippen molar-refractivity contribution in [2.24, 2.45) is 0 Å². The van der Waals surface area contributed by atoms with Crippen molar-refractivity contribution in [2.45, 2.75) is 13.0 Å². The van der Waals surface area contributed by atoms with Crippen molar-refractivity contribution in [1.29, 1.82) is 0 Å². The number of benzene rings is 3. The predicted octanol–water partition coefficient (Wildman–Crippen LogP) is 5.39. The van der Waals surface area contributed by atoms with E-state index in [4.69, 9.17) is 4.42 Å². The molecule has 134 valence electrons. The number of halogens is 1. The van der Waals surface area contributed by atoms with Crippen LogP contribution in [0.3, 0.4) is 0 Å². The first-order valence-corrected chi connectivity index (χ1v) is 8.67. The Labute approximate surface area is 156 Å². The predicted molar refractivity (Wildman–Crippen MR) is 103 cm³/mol. The number of aromatic nitrogens is 2. The molecule has 0 aliphatic rings. The van der Waals surface area contributed by atoms with Crippen LogP contribution in [0.5, 0.6) is 0 Å². The van der Waals surface area contributed by atoms with E-state index in [-0.39, 0.29) is 5.82 Å². The smallest absolute Gasteiger partial charge is 0.247 e. The third-order valence-electron chi connectivity index (χ3n) is 4.36. The highest BCUT2D eigenvalue weighted by atomic mass is 19.1. The number of nitrogens with one attached hydrogen (secondary N) is 1. The lowest BCUT2D eigenvalue weighted by molar-refractivity contribution is 0.493. The van der Waals surface area contributed by atoms with Crippen LogP contribution < -0.4 is 5.32 Å². The Kier molecular flexibility index (Phi) is 4.66. The number of nitrogens with zero attached hydrogens (tertiary/aromatic N) is 2. The van der Waals surface area contributed by atoms with Gasteiger partial charge in [-0.15, -0.1) is 10.2 Å². The molecule has 0 saturated carbocycles. The Morgan fingerprint density at radius 3 is 2.30 bits per heavy atom. The molecule has 1 heterocycles. The zero-order chi connectivity index (χ0) is 18.6. The standard InChI is InChI=1S/C22H18FN3O/c1-15-7-5-6-10-19(15)24-20(16-11-13-18(23)14-12-16)22-26-25-21(27-22)17-8-3-2-4-9-17/h2-14,20,24H,1H3. The SMILES string of the molecule is Cc1ccccc1NC(c1ccc(F)cc1)c1nnc(-c2ccccc2)o1. The minimum atomic E-state index is -0.392. The second kappa shape index (κ2) is 7.41. The van der Waals surface area contributed by atoms with Gasteiger partial charge >= 0.3 is 0 Å². The summed E-state index contributed by atoms with van der Waals surface area (Å²) in [6, 6.07) is 23.4. The second-order valence-corrected chi connectivity index (χ2v) is 6.26. The van der Waals surface area contributed by atoms with Crippen molar-refractivity contribution in [1.82, 2.24) is 10.2 Å². The van der Waals surface area contributed by atoms with Gasteiger partial charge in [0.05, 0.1) is 0 Å². The van der Waals surface area contributed by atoms with Crippen LogP contribution in [0.15, 0.2) is 83.3 Å². The molecule has 0 saturated heterocycles. The third kappa shape index (κ3) is 3.72. The zero-order valence-corrected chi connectivity index (χ0v) is 14.8. The van der Waals surface area contributed by atoms with Gasteiger partial charge < -0.3 is 9.73 Å².